The molecule has 0 amide bonds. The zero-order valence-corrected chi connectivity index (χ0v) is 13.4. The van der Waals surface area contributed by atoms with Gasteiger partial charge in [0.1, 0.15) is 0 Å². The lowest BCUT2D eigenvalue weighted by molar-refractivity contribution is 0.683. The van der Waals surface area contributed by atoms with E-state index in [4.69, 9.17) is 11.6 Å². The lowest BCUT2D eigenvalue weighted by Gasteiger charge is -2.03. The zero-order valence-electron chi connectivity index (χ0n) is 12.7. The molecule has 0 fully saturated rings. The number of pyridine rings is 1. The van der Waals surface area contributed by atoms with Crippen molar-refractivity contribution in [2.75, 3.05) is 0 Å². The molecule has 2 heterocycles. The van der Waals surface area contributed by atoms with Crippen molar-refractivity contribution in [1.29, 1.82) is 0 Å². The van der Waals surface area contributed by atoms with E-state index in [2.05, 4.69) is 4.98 Å². The van der Waals surface area contributed by atoms with E-state index in [9.17, 15) is 9.59 Å². The largest absolute Gasteiger partial charge is 0.330 e. The van der Waals surface area contributed by atoms with Gasteiger partial charge in [0.2, 0.25) is 0 Å². The third-order valence-electron chi connectivity index (χ3n) is 3.58. The smallest absolute Gasteiger partial charge is 0.303 e. The molecule has 0 radical (unpaired) electrons. The Kier molecular flexibility index (Phi) is 3.88. The number of hydrogen-bond donors (Lipinski definition) is 0. The van der Waals surface area contributed by atoms with Crippen LogP contribution in [0.1, 0.15) is 11.3 Å². The van der Waals surface area contributed by atoms with Gasteiger partial charge in [-0.05, 0) is 30.4 Å². The first-order chi connectivity index (χ1) is 11.0. The molecule has 0 aliphatic rings. The first-order valence-electron chi connectivity index (χ1n) is 6.97. The molecule has 1 aromatic carbocycles. The highest BCUT2D eigenvalue weighted by Gasteiger charge is 2.04. The van der Waals surface area contributed by atoms with Gasteiger partial charge in [-0.15, -0.1) is 0 Å². The second-order valence-electron chi connectivity index (χ2n) is 5.25. The highest BCUT2D eigenvalue weighted by Crippen LogP contribution is 2.18. The molecular weight excluding hydrogens is 314 g/mol. The Morgan fingerprint density at radius 3 is 2.61 bits per heavy atom. The van der Waals surface area contributed by atoms with Gasteiger partial charge in [0, 0.05) is 30.7 Å². The molecule has 2 aromatic heterocycles. The minimum atomic E-state index is -0.356. The second kappa shape index (κ2) is 5.85. The standard InChI is InChI=1S/C17H14ClN3O2/c1-20-10-12(16(22)21(2)17(20)23)5-8-14-7-4-11-3-6-13(18)9-15(11)19-14/h3-10H,1-2H3/b8-5+. The number of fused-ring (bicyclic) bond motifs is 1. The van der Waals surface area contributed by atoms with Crippen molar-refractivity contribution in [3.8, 4) is 0 Å². The third-order valence-corrected chi connectivity index (χ3v) is 3.82. The topological polar surface area (TPSA) is 56.9 Å². The van der Waals surface area contributed by atoms with Gasteiger partial charge in [-0.25, -0.2) is 9.78 Å². The number of benzene rings is 1. The van der Waals surface area contributed by atoms with Crippen LogP contribution in [0, 0.1) is 0 Å². The van der Waals surface area contributed by atoms with Gasteiger partial charge in [0.25, 0.3) is 5.56 Å². The molecule has 0 aliphatic carbocycles. The Morgan fingerprint density at radius 1 is 1.09 bits per heavy atom. The summed E-state index contributed by atoms with van der Waals surface area (Å²) in [4.78, 5) is 28.2. The maximum atomic E-state index is 12.1. The van der Waals surface area contributed by atoms with Crippen molar-refractivity contribution in [2.24, 2.45) is 14.1 Å². The van der Waals surface area contributed by atoms with Gasteiger partial charge in [-0.1, -0.05) is 23.7 Å². The van der Waals surface area contributed by atoms with Crippen LogP contribution in [0.15, 0.2) is 46.1 Å². The van der Waals surface area contributed by atoms with Crippen LogP contribution in [0.3, 0.4) is 0 Å². The minimum Gasteiger partial charge on any atom is -0.303 e. The van der Waals surface area contributed by atoms with Crippen molar-refractivity contribution in [2.45, 2.75) is 0 Å². The van der Waals surface area contributed by atoms with E-state index in [0.29, 0.717) is 16.3 Å². The monoisotopic (exact) mass is 327 g/mol. The summed E-state index contributed by atoms with van der Waals surface area (Å²) in [6.07, 6.45) is 4.90. The van der Waals surface area contributed by atoms with Crippen molar-refractivity contribution in [3.05, 3.63) is 73.6 Å². The summed E-state index contributed by atoms with van der Waals surface area (Å²) in [5.74, 6) is 0. The number of nitrogens with zero attached hydrogens (tertiary/aromatic N) is 3. The fourth-order valence-corrected chi connectivity index (χ4v) is 2.49. The fourth-order valence-electron chi connectivity index (χ4n) is 2.32. The minimum absolute atomic E-state index is 0.340. The molecule has 3 aromatic rings. The van der Waals surface area contributed by atoms with E-state index in [0.717, 1.165) is 15.5 Å². The van der Waals surface area contributed by atoms with Crippen molar-refractivity contribution >= 4 is 34.7 Å². The summed E-state index contributed by atoms with van der Waals surface area (Å²) in [6, 6.07) is 9.31. The number of halogens is 1. The Morgan fingerprint density at radius 2 is 1.83 bits per heavy atom. The normalized spacial score (nSPS) is 11.4. The highest BCUT2D eigenvalue weighted by molar-refractivity contribution is 6.31. The van der Waals surface area contributed by atoms with Gasteiger partial charge in [-0.3, -0.25) is 9.36 Å². The van der Waals surface area contributed by atoms with E-state index in [1.54, 1.807) is 25.3 Å². The second-order valence-corrected chi connectivity index (χ2v) is 5.68. The first kappa shape index (κ1) is 15.2. The fraction of sp³-hybridized carbons (Fsp3) is 0.118. The maximum absolute atomic E-state index is 12.1. The predicted octanol–water partition coefficient (Wildman–Crippen LogP) is 2.46. The molecule has 0 aliphatic heterocycles. The van der Waals surface area contributed by atoms with Crippen LogP contribution < -0.4 is 11.2 Å². The van der Waals surface area contributed by atoms with Crippen molar-refractivity contribution in [1.82, 2.24) is 14.1 Å². The Labute approximate surface area is 137 Å². The molecule has 0 saturated carbocycles. The lowest BCUT2D eigenvalue weighted by atomic mass is 10.2. The van der Waals surface area contributed by atoms with Gasteiger partial charge >= 0.3 is 5.69 Å². The van der Waals surface area contributed by atoms with Crippen LogP contribution in [-0.2, 0) is 14.1 Å². The molecule has 116 valence electrons. The zero-order chi connectivity index (χ0) is 16.6. The predicted molar refractivity (Wildman–Crippen MR) is 92.6 cm³/mol. The number of rotatable bonds is 2. The number of hydrogen-bond acceptors (Lipinski definition) is 3. The lowest BCUT2D eigenvalue weighted by Crippen LogP contribution is -2.37. The average Bonchev–Trinajstić information content (AvgIpc) is 2.54. The Hall–Kier alpha value is -2.66. The summed E-state index contributed by atoms with van der Waals surface area (Å²) < 4.78 is 2.45. The quantitative estimate of drug-likeness (QED) is 0.726. The molecule has 0 atom stereocenters. The summed E-state index contributed by atoms with van der Waals surface area (Å²) in [5, 5.41) is 1.61. The van der Waals surface area contributed by atoms with E-state index in [-0.39, 0.29) is 11.2 Å². The van der Waals surface area contributed by atoms with Crippen LogP contribution in [0.4, 0.5) is 0 Å². The average molecular weight is 328 g/mol. The molecule has 0 spiro atoms. The summed E-state index contributed by atoms with van der Waals surface area (Å²) in [7, 11) is 3.06. The molecule has 23 heavy (non-hydrogen) atoms. The van der Waals surface area contributed by atoms with Crippen LogP contribution in [0.2, 0.25) is 5.02 Å². The first-order valence-corrected chi connectivity index (χ1v) is 7.34. The molecule has 0 saturated heterocycles. The van der Waals surface area contributed by atoms with Crippen LogP contribution in [-0.4, -0.2) is 14.1 Å². The third kappa shape index (κ3) is 2.96. The van der Waals surface area contributed by atoms with E-state index in [1.807, 2.05) is 24.3 Å². The summed E-state index contributed by atoms with van der Waals surface area (Å²) in [5.41, 5.74) is 1.21. The summed E-state index contributed by atoms with van der Waals surface area (Å²) in [6.45, 7) is 0. The Bertz CT molecular complexity index is 1050. The molecule has 0 unspecified atom stereocenters. The van der Waals surface area contributed by atoms with E-state index in [1.165, 1.54) is 17.8 Å². The molecule has 5 nitrogen and oxygen atoms in total. The van der Waals surface area contributed by atoms with Crippen molar-refractivity contribution < 1.29 is 0 Å². The highest BCUT2D eigenvalue weighted by atomic mass is 35.5. The van der Waals surface area contributed by atoms with Gasteiger partial charge in [-0.2, -0.15) is 0 Å². The number of aryl methyl sites for hydroxylation is 1. The van der Waals surface area contributed by atoms with E-state index < -0.39 is 0 Å². The number of aromatic nitrogens is 3. The van der Waals surface area contributed by atoms with Crippen LogP contribution >= 0.6 is 11.6 Å². The molecule has 0 N–H and O–H groups in total. The van der Waals surface area contributed by atoms with Gasteiger partial charge < -0.3 is 4.57 Å². The van der Waals surface area contributed by atoms with Crippen molar-refractivity contribution in [3.63, 3.8) is 0 Å². The van der Waals surface area contributed by atoms with Gasteiger partial charge in [0.05, 0.1) is 16.8 Å². The van der Waals surface area contributed by atoms with Crippen LogP contribution in [0.5, 0.6) is 0 Å². The molecule has 3 rings (SSSR count). The van der Waals surface area contributed by atoms with Gasteiger partial charge in [0.15, 0.2) is 0 Å². The molecule has 6 heteroatoms. The Balaban J connectivity index is 2.04. The molecular formula is C17H14ClN3O2. The summed E-state index contributed by atoms with van der Waals surface area (Å²) >= 11 is 5.98. The SMILES string of the molecule is Cn1cc(/C=C/c2ccc3ccc(Cl)cc3n2)c(=O)n(C)c1=O. The maximum Gasteiger partial charge on any atom is 0.330 e. The van der Waals surface area contributed by atoms with E-state index >= 15 is 0 Å². The molecule has 0 bridgehead atoms. The van der Waals surface area contributed by atoms with Crippen LogP contribution in [0.25, 0.3) is 23.1 Å².